The Kier molecular flexibility index (Phi) is 3.75. The Balaban J connectivity index is 2.13. The Morgan fingerprint density at radius 1 is 1.56 bits per heavy atom. The Hall–Kier alpha value is -1.71. The number of carbonyl (C=O) groups is 1. The van der Waals surface area contributed by atoms with Gasteiger partial charge >= 0.3 is 5.97 Å². The average molecular weight is 360 g/mol. The van der Waals surface area contributed by atoms with Gasteiger partial charge in [0.15, 0.2) is 6.61 Å². The van der Waals surface area contributed by atoms with Gasteiger partial charge < -0.3 is 9.84 Å². The molecule has 0 radical (unpaired) electrons. The second kappa shape index (κ2) is 5.29. The van der Waals surface area contributed by atoms with Crippen molar-refractivity contribution in [1.29, 1.82) is 0 Å². The highest BCUT2D eigenvalue weighted by Crippen LogP contribution is 2.23. The number of tetrazole rings is 1. The van der Waals surface area contributed by atoms with Crippen LogP contribution in [0.4, 0.5) is 0 Å². The number of aryl methyl sites for hydroxylation is 1. The molecule has 0 aliphatic heterocycles. The molecular formula is C10H9IN4O3. The molecule has 0 unspecified atom stereocenters. The van der Waals surface area contributed by atoms with Crippen molar-refractivity contribution in [3.05, 3.63) is 33.2 Å². The minimum atomic E-state index is -0.992. The van der Waals surface area contributed by atoms with E-state index in [0.29, 0.717) is 11.6 Å². The standard InChI is InChI=1S/C10H9IN4O3/c1-15-13-9(12-14-15)5-18-8-4-6(10(16)17)2-3-7(8)11/h2-4H,5H2,1H3,(H,16,17). The molecule has 0 spiro atoms. The molecule has 0 atom stereocenters. The lowest BCUT2D eigenvalue weighted by molar-refractivity contribution is 0.0696. The van der Waals surface area contributed by atoms with Gasteiger partial charge in [-0.05, 0) is 46.0 Å². The highest BCUT2D eigenvalue weighted by atomic mass is 127. The van der Waals surface area contributed by atoms with Crippen LogP contribution < -0.4 is 4.74 Å². The van der Waals surface area contributed by atoms with E-state index in [-0.39, 0.29) is 12.2 Å². The zero-order valence-corrected chi connectivity index (χ0v) is 11.5. The van der Waals surface area contributed by atoms with E-state index in [4.69, 9.17) is 9.84 Å². The van der Waals surface area contributed by atoms with Gasteiger partial charge in [-0.15, -0.1) is 10.2 Å². The maximum atomic E-state index is 10.8. The monoisotopic (exact) mass is 360 g/mol. The van der Waals surface area contributed by atoms with Gasteiger partial charge in [0.2, 0.25) is 5.82 Å². The van der Waals surface area contributed by atoms with E-state index in [1.165, 1.54) is 16.9 Å². The van der Waals surface area contributed by atoms with Crippen molar-refractivity contribution in [3.8, 4) is 5.75 Å². The Morgan fingerprint density at radius 2 is 2.33 bits per heavy atom. The summed E-state index contributed by atoms with van der Waals surface area (Å²) in [5.41, 5.74) is 0.178. The number of aromatic carboxylic acids is 1. The number of aromatic nitrogens is 4. The van der Waals surface area contributed by atoms with Crippen molar-refractivity contribution in [2.45, 2.75) is 6.61 Å². The fourth-order valence-corrected chi connectivity index (χ4v) is 1.76. The Labute approximate surface area is 116 Å². The first-order valence-corrected chi connectivity index (χ1v) is 6.02. The number of ether oxygens (including phenoxy) is 1. The second-order valence-electron chi connectivity index (χ2n) is 3.43. The summed E-state index contributed by atoms with van der Waals surface area (Å²) in [6, 6.07) is 4.68. The van der Waals surface area contributed by atoms with Crippen molar-refractivity contribution in [1.82, 2.24) is 20.2 Å². The number of hydrogen-bond acceptors (Lipinski definition) is 5. The van der Waals surface area contributed by atoms with Gasteiger partial charge in [0.25, 0.3) is 0 Å². The quantitative estimate of drug-likeness (QED) is 0.822. The van der Waals surface area contributed by atoms with E-state index < -0.39 is 5.97 Å². The van der Waals surface area contributed by atoms with Crippen LogP contribution in [0, 0.1) is 3.57 Å². The third-order valence-electron chi connectivity index (χ3n) is 2.08. The van der Waals surface area contributed by atoms with Crippen LogP contribution in [-0.2, 0) is 13.7 Å². The number of hydrogen-bond donors (Lipinski definition) is 1. The van der Waals surface area contributed by atoms with Crippen molar-refractivity contribution in [2.24, 2.45) is 7.05 Å². The van der Waals surface area contributed by atoms with Crippen LogP contribution in [0.25, 0.3) is 0 Å². The van der Waals surface area contributed by atoms with Crippen molar-refractivity contribution in [2.75, 3.05) is 0 Å². The van der Waals surface area contributed by atoms with Gasteiger partial charge in [-0.25, -0.2) is 4.79 Å². The average Bonchev–Trinajstić information content (AvgIpc) is 2.74. The summed E-state index contributed by atoms with van der Waals surface area (Å²) in [5, 5.41) is 20.3. The summed E-state index contributed by atoms with van der Waals surface area (Å²) in [6.07, 6.45) is 0. The van der Waals surface area contributed by atoms with Crippen LogP contribution in [0.15, 0.2) is 18.2 Å². The van der Waals surface area contributed by atoms with Crippen LogP contribution in [0.5, 0.6) is 5.75 Å². The highest BCUT2D eigenvalue weighted by molar-refractivity contribution is 14.1. The van der Waals surface area contributed by atoms with E-state index >= 15 is 0 Å². The van der Waals surface area contributed by atoms with Crippen molar-refractivity contribution in [3.63, 3.8) is 0 Å². The molecule has 0 bridgehead atoms. The molecule has 8 heteroatoms. The van der Waals surface area contributed by atoms with Crippen LogP contribution in [0.1, 0.15) is 16.2 Å². The number of carboxylic acid groups (broad SMARTS) is 1. The normalized spacial score (nSPS) is 10.3. The van der Waals surface area contributed by atoms with Crippen molar-refractivity contribution >= 4 is 28.6 Å². The number of rotatable bonds is 4. The lowest BCUT2D eigenvalue weighted by atomic mass is 10.2. The first kappa shape index (κ1) is 12.7. The molecule has 0 aliphatic carbocycles. The Bertz CT molecular complexity index is 584. The molecule has 1 N–H and O–H groups in total. The third-order valence-corrected chi connectivity index (χ3v) is 2.98. The lowest BCUT2D eigenvalue weighted by Crippen LogP contribution is -2.02. The Morgan fingerprint density at radius 3 is 2.94 bits per heavy atom. The first-order chi connectivity index (χ1) is 8.56. The van der Waals surface area contributed by atoms with Gasteiger partial charge in [0.1, 0.15) is 5.75 Å². The molecule has 2 aromatic rings. The van der Waals surface area contributed by atoms with Gasteiger partial charge in [-0.3, -0.25) is 0 Å². The molecule has 0 fully saturated rings. The molecule has 0 aliphatic rings. The minimum Gasteiger partial charge on any atom is -0.484 e. The number of carboxylic acids is 1. The summed E-state index contributed by atoms with van der Waals surface area (Å²) in [6.45, 7) is 0.146. The van der Waals surface area contributed by atoms with Gasteiger partial charge in [0.05, 0.1) is 16.2 Å². The van der Waals surface area contributed by atoms with Crippen molar-refractivity contribution < 1.29 is 14.6 Å². The number of benzene rings is 1. The van der Waals surface area contributed by atoms with Gasteiger partial charge in [-0.2, -0.15) is 4.80 Å². The van der Waals surface area contributed by atoms with E-state index in [9.17, 15) is 4.79 Å². The number of halogens is 1. The van der Waals surface area contributed by atoms with E-state index in [0.717, 1.165) is 3.57 Å². The first-order valence-electron chi connectivity index (χ1n) is 4.95. The molecule has 0 amide bonds. The second-order valence-corrected chi connectivity index (χ2v) is 4.60. The molecular weight excluding hydrogens is 351 g/mol. The van der Waals surface area contributed by atoms with Gasteiger partial charge in [-0.1, -0.05) is 0 Å². The largest absolute Gasteiger partial charge is 0.484 e. The molecule has 1 aromatic carbocycles. The van der Waals surface area contributed by atoms with Crippen LogP contribution >= 0.6 is 22.6 Å². The van der Waals surface area contributed by atoms with E-state index in [2.05, 4.69) is 38.0 Å². The predicted molar refractivity (Wildman–Crippen MR) is 69.2 cm³/mol. The molecule has 1 aromatic heterocycles. The third kappa shape index (κ3) is 2.94. The minimum absolute atomic E-state index is 0.146. The summed E-state index contributed by atoms with van der Waals surface area (Å²) in [7, 11) is 1.66. The fourth-order valence-electron chi connectivity index (χ4n) is 1.27. The topological polar surface area (TPSA) is 90.1 Å². The molecule has 0 saturated carbocycles. The van der Waals surface area contributed by atoms with Crippen LogP contribution in [-0.4, -0.2) is 31.3 Å². The molecule has 1 heterocycles. The summed E-state index contributed by atoms with van der Waals surface area (Å²) < 4.78 is 6.30. The van der Waals surface area contributed by atoms with E-state index in [1.54, 1.807) is 13.1 Å². The summed E-state index contributed by atoms with van der Waals surface area (Å²) >= 11 is 2.07. The molecule has 0 saturated heterocycles. The molecule has 7 nitrogen and oxygen atoms in total. The van der Waals surface area contributed by atoms with Crippen LogP contribution in [0.3, 0.4) is 0 Å². The summed E-state index contributed by atoms with van der Waals surface area (Å²) in [4.78, 5) is 12.2. The smallest absolute Gasteiger partial charge is 0.335 e. The number of nitrogens with zero attached hydrogens (tertiary/aromatic N) is 4. The maximum Gasteiger partial charge on any atom is 0.335 e. The van der Waals surface area contributed by atoms with E-state index in [1.807, 2.05) is 0 Å². The molecule has 18 heavy (non-hydrogen) atoms. The van der Waals surface area contributed by atoms with Crippen LogP contribution in [0.2, 0.25) is 0 Å². The SMILES string of the molecule is Cn1nnc(COc2cc(C(=O)O)ccc2I)n1. The predicted octanol–water partition coefficient (Wildman–Crippen LogP) is 1.09. The maximum absolute atomic E-state index is 10.8. The zero-order valence-electron chi connectivity index (χ0n) is 9.37. The molecule has 2 rings (SSSR count). The fraction of sp³-hybridized carbons (Fsp3) is 0.200. The highest BCUT2D eigenvalue weighted by Gasteiger charge is 2.09. The lowest BCUT2D eigenvalue weighted by Gasteiger charge is -2.06. The molecule has 94 valence electrons. The summed E-state index contributed by atoms with van der Waals surface area (Å²) in [5.74, 6) is -0.0640. The zero-order chi connectivity index (χ0) is 13.1. The van der Waals surface area contributed by atoms with Gasteiger partial charge in [0, 0.05) is 0 Å².